The van der Waals surface area contributed by atoms with Gasteiger partial charge in [0.2, 0.25) is 0 Å². The number of aliphatic carboxylic acids is 1. The molecule has 0 bridgehead atoms. The first-order valence-corrected chi connectivity index (χ1v) is 13.6. The summed E-state index contributed by atoms with van der Waals surface area (Å²) in [4.78, 5) is 40.8. The van der Waals surface area contributed by atoms with E-state index in [1.165, 1.54) is 19.3 Å². The largest absolute Gasteiger partial charge is 0.481 e. The molecule has 0 spiro atoms. The Morgan fingerprint density at radius 3 is 2.53 bits per heavy atom. The fourth-order valence-electron chi connectivity index (χ4n) is 5.78. The molecule has 1 aromatic carbocycles. The van der Waals surface area contributed by atoms with Crippen LogP contribution in [0.15, 0.2) is 41.2 Å². The molecule has 0 aliphatic heterocycles. The summed E-state index contributed by atoms with van der Waals surface area (Å²) < 4.78 is 7.66. The summed E-state index contributed by atoms with van der Waals surface area (Å²) >= 11 is 0. The molecular formula is C28H35N5O5. The first kappa shape index (κ1) is 25.8. The van der Waals surface area contributed by atoms with E-state index < -0.39 is 5.97 Å². The lowest BCUT2D eigenvalue weighted by Crippen LogP contribution is -2.48. The maximum absolute atomic E-state index is 13.2. The number of carbonyl (C=O) groups excluding carboxylic acids is 2. The van der Waals surface area contributed by atoms with Gasteiger partial charge in [0.05, 0.1) is 29.3 Å². The number of furan rings is 1. The summed E-state index contributed by atoms with van der Waals surface area (Å²) in [5.41, 5.74) is 3.32. The number of carbonyl (C=O) groups is 3. The Balaban J connectivity index is 1.27. The van der Waals surface area contributed by atoms with Gasteiger partial charge in [-0.1, -0.05) is 19.3 Å². The highest BCUT2D eigenvalue weighted by Crippen LogP contribution is 2.36. The average Bonchev–Trinajstić information content (AvgIpc) is 3.57. The number of fused-ring (bicyclic) bond motifs is 1. The van der Waals surface area contributed by atoms with Crippen molar-refractivity contribution in [1.82, 2.24) is 25.5 Å². The summed E-state index contributed by atoms with van der Waals surface area (Å²) in [6.45, 7) is 0.0787. The lowest BCUT2D eigenvalue weighted by atomic mass is 9.91. The third-order valence-electron chi connectivity index (χ3n) is 7.64. The van der Waals surface area contributed by atoms with Crippen molar-refractivity contribution in [3.63, 3.8) is 0 Å². The smallest absolute Gasteiger partial charge is 0.315 e. The van der Waals surface area contributed by atoms with E-state index in [2.05, 4.69) is 20.5 Å². The van der Waals surface area contributed by atoms with E-state index in [1.807, 2.05) is 24.3 Å². The Morgan fingerprint density at radius 2 is 1.79 bits per heavy atom. The van der Waals surface area contributed by atoms with Crippen LogP contribution in [-0.4, -0.2) is 51.2 Å². The summed E-state index contributed by atoms with van der Waals surface area (Å²) in [7, 11) is 0. The van der Waals surface area contributed by atoms with Gasteiger partial charge in [0.1, 0.15) is 12.1 Å². The van der Waals surface area contributed by atoms with E-state index >= 15 is 0 Å². The van der Waals surface area contributed by atoms with E-state index in [1.54, 1.807) is 12.5 Å². The summed E-state index contributed by atoms with van der Waals surface area (Å²) in [5.74, 6) is -0.232. The molecule has 2 aliphatic rings. The van der Waals surface area contributed by atoms with E-state index in [9.17, 15) is 14.4 Å². The number of carboxylic acids is 1. The van der Waals surface area contributed by atoms with Gasteiger partial charge < -0.3 is 30.0 Å². The molecular weight excluding hydrogens is 486 g/mol. The SMILES string of the molecule is O=C(O)CCNC(=O)NC1CCCC(NC(=O)c2ccc3c(c2)nc(-c2ccoc2)n3C2CCCCC2)C1. The van der Waals surface area contributed by atoms with Crippen molar-refractivity contribution < 1.29 is 23.9 Å². The van der Waals surface area contributed by atoms with Crippen LogP contribution >= 0.6 is 0 Å². The highest BCUT2D eigenvalue weighted by molar-refractivity contribution is 5.98. The number of hydrogen-bond acceptors (Lipinski definition) is 5. The Kier molecular flexibility index (Phi) is 7.95. The molecule has 10 nitrogen and oxygen atoms in total. The van der Waals surface area contributed by atoms with Crippen molar-refractivity contribution in [2.45, 2.75) is 82.3 Å². The van der Waals surface area contributed by atoms with Crippen molar-refractivity contribution in [2.75, 3.05) is 6.54 Å². The zero-order chi connectivity index (χ0) is 26.5. The molecule has 2 aromatic heterocycles. The highest BCUT2D eigenvalue weighted by atomic mass is 16.4. The maximum atomic E-state index is 13.2. The standard InChI is InChI=1S/C28H35N5O5/c34-25(35)11-13-29-28(37)31-21-6-4-5-20(16-21)30-27(36)18-9-10-24-23(15-18)32-26(19-12-14-38-17-19)33(24)22-7-2-1-3-8-22/h9-10,12,14-15,17,20-22H,1-8,11,13,16H2,(H,30,36)(H,34,35)(H2,29,31,37). The molecule has 3 amide bonds. The van der Waals surface area contributed by atoms with Crippen molar-refractivity contribution in [2.24, 2.45) is 0 Å². The minimum Gasteiger partial charge on any atom is -0.481 e. The highest BCUT2D eigenvalue weighted by Gasteiger charge is 2.26. The van der Waals surface area contributed by atoms with Gasteiger partial charge >= 0.3 is 12.0 Å². The molecule has 2 unspecified atom stereocenters. The lowest BCUT2D eigenvalue weighted by molar-refractivity contribution is -0.136. The van der Waals surface area contributed by atoms with Crippen molar-refractivity contribution in [3.05, 3.63) is 42.4 Å². The molecule has 2 heterocycles. The lowest BCUT2D eigenvalue weighted by Gasteiger charge is -2.30. The molecule has 3 aromatic rings. The molecule has 202 valence electrons. The van der Waals surface area contributed by atoms with Crippen molar-refractivity contribution in [3.8, 4) is 11.4 Å². The van der Waals surface area contributed by atoms with Crippen LogP contribution in [0.2, 0.25) is 0 Å². The third kappa shape index (κ3) is 6.00. The van der Waals surface area contributed by atoms with Crippen LogP contribution in [0, 0.1) is 0 Å². The average molecular weight is 522 g/mol. The van der Waals surface area contributed by atoms with Crippen LogP contribution in [0.25, 0.3) is 22.4 Å². The topological polar surface area (TPSA) is 138 Å². The molecule has 2 aliphatic carbocycles. The fraction of sp³-hybridized carbons (Fsp3) is 0.500. The van der Waals surface area contributed by atoms with Crippen LogP contribution in [0.4, 0.5) is 4.79 Å². The number of nitrogens with one attached hydrogen (secondary N) is 3. The first-order chi connectivity index (χ1) is 18.5. The number of nitrogens with zero attached hydrogens (tertiary/aromatic N) is 2. The number of urea groups is 1. The van der Waals surface area contributed by atoms with Gasteiger partial charge in [-0.3, -0.25) is 9.59 Å². The normalized spacial score (nSPS) is 20.2. The van der Waals surface area contributed by atoms with Gasteiger partial charge in [-0.15, -0.1) is 0 Å². The second-order valence-electron chi connectivity index (χ2n) is 10.4. The number of rotatable bonds is 8. The molecule has 0 saturated heterocycles. The van der Waals surface area contributed by atoms with E-state index in [0.717, 1.165) is 54.5 Å². The Bertz CT molecular complexity index is 1280. The first-order valence-electron chi connectivity index (χ1n) is 13.6. The van der Waals surface area contributed by atoms with E-state index in [0.29, 0.717) is 18.0 Å². The van der Waals surface area contributed by atoms with Gasteiger partial charge in [-0.05, 0) is 62.8 Å². The van der Waals surface area contributed by atoms with Crippen molar-refractivity contribution >= 4 is 28.9 Å². The molecule has 2 atom stereocenters. The van der Waals surface area contributed by atoms with Crippen molar-refractivity contribution in [1.29, 1.82) is 0 Å². The van der Waals surface area contributed by atoms with Crippen LogP contribution in [0.1, 0.15) is 80.6 Å². The third-order valence-corrected chi connectivity index (χ3v) is 7.64. The Morgan fingerprint density at radius 1 is 1.00 bits per heavy atom. The van der Waals surface area contributed by atoms with Gasteiger partial charge in [-0.25, -0.2) is 9.78 Å². The molecule has 2 saturated carbocycles. The maximum Gasteiger partial charge on any atom is 0.315 e. The molecule has 4 N–H and O–H groups in total. The molecule has 10 heteroatoms. The predicted octanol–water partition coefficient (Wildman–Crippen LogP) is 4.62. The molecule has 5 rings (SSSR count). The zero-order valence-corrected chi connectivity index (χ0v) is 21.4. The second-order valence-corrected chi connectivity index (χ2v) is 10.4. The molecule has 38 heavy (non-hydrogen) atoms. The number of hydrogen-bond donors (Lipinski definition) is 4. The number of aromatic nitrogens is 2. The fourth-order valence-corrected chi connectivity index (χ4v) is 5.78. The summed E-state index contributed by atoms with van der Waals surface area (Å²) in [5, 5.41) is 17.3. The Hall–Kier alpha value is -3.82. The minimum atomic E-state index is -0.956. The number of amides is 3. The van der Waals surface area contributed by atoms with Crippen LogP contribution in [-0.2, 0) is 4.79 Å². The van der Waals surface area contributed by atoms with Crippen LogP contribution in [0.5, 0.6) is 0 Å². The van der Waals surface area contributed by atoms with Gasteiger partial charge in [0.15, 0.2) is 0 Å². The summed E-state index contributed by atoms with van der Waals surface area (Å²) in [6, 6.07) is 7.52. The quantitative estimate of drug-likeness (QED) is 0.341. The number of carboxylic acid groups (broad SMARTS) is 1. The minimum absolute atomic E-state index is 0.0578. The number of imidazole rings is 1. The summed E-state index contributed by atoms with van der Waals surface area (Å²) in [6.07, 6.45) is 12.3. The van der Waals surface area contributed by atoms with E-state index in [4.69, 9.17) is 14.5 Å². The van der Waals surface area contributed by atoms with Gasteiger partial charge in [0, 0.05) is 30.2 Å². The van der Waals surface area contributed by atoms with Crippen LogP contribution < -0.4 is 16.0 Å². The molecule has 2 fully saturated rings. The number of benzene rings is 1. The monoisotopic (exact) mass is 521 g/mol. The van der Waals surface area contributed by atoms with E-state index in [-0.39, 0.29) is 37.0 Å². The van der Waals surface area contributed by atoms with Gasteiger partial charge in [-0.2, -0.15) is 0 Å². The molecule has 0 radical (unpaired) electrons. The Labute approximate surface area is 221 Å². The predicted molar refractivity (Wildman–Crippen MR) is 142 cm³/mol. The second kappa shape index (κ2) is 11.7. The van der Waals surface area contributed by atoms with Gasteiger partial charge in [0.25, 0.3) is 5.91 Å². The van der Waals surface area contributed by atoms with Crippen LogP contribution in [0.3, 0.4) is 0 Å². The zero-order valence-electron chi connectivity index (χ0n) is 21.4.